The first kappa shape index (κ1) is 8.16. The van der Waals surface area contributed by atoms with E-state index in [0.29, 0.717) is 5.69 Å². The van der Waals surface area contributed by atoms with Crippen molar-refractivity contribution in [1.29, 1.82) is 10.5 Å². The molecule has 0 radical (unpaired) electrons. The average Bonchev–Trinajstić information content (AvgIpc) is 2.09. The summed E-state index contributed by atoms with van der Waals surface area (Å²) in [5.41, 5.74) is 0.339. The molecule has 0 bridgehead atoms. The molecular formula is C8H4FN3. The minimum atomic E-state index is -0.654. The Morgan fingerprint density at radius 1 is 1.50 bits per heavy atom. The Labute approximate surface area is 68.7 Å². The Kier molecular flexibility index (Phi) is 2.35. The maximum Gasteiger partial charge on any atom is 0.159 e. The largest absolute Gasteiger partial charge is 0.257 e. The van der Waals surface area contributed by atoms with E-state index in [0.717, 1.165) is 6.20 Å². The van der Waals surface area contributed by atoms with Crippen molar-refractivity contribution in [2.75, 3.05) is 0 Å². The smallest absolute Gasteiger partial charge is 0.159 e. The molecular weight excluding hydrogens is 157 g/mol. The molecule has 0 atom stereocenters. The van der Waals surface area contributed by atoms with Crippen LogP contribution in [0.4, 0.5) is 4.39 Å². The van der Waals surface area contributed by atoms with E-state index in [1.54, 1.807) is 6.07 Å². The van der Waals surface area contributed by atoms with Gasteiger partial charge in [-0.15, -0.1) is 0 Å². The predicted molar refractivity (Wildman–Crippen MR) is 38.2 cm³/mol. The third-order valence-corrected chi connectivity index (χ3v) is 1.29. The molecule has 58 valence electrons. The van der Waals surface area contributed by atoms with Crippen LogP contribution in [-0.4, -0.2) is 4.98 Å². The van der Waals surface area contributed by atoms with E-state index < -0.39 is 5.82 Å². The summed E-state index contributed by atoms with van der Waals surface area (Å²) in [6.45, 7) is 0. The quantitative estimate of drug-likeness (QED) is 0.620. The first-order valence-electron chi connectivity index (χ1n) is 3.19. The third-order valence-electron chi connectivity index (χ3n) is 1.29. The minimum Gasteiger partial charge on any atom is -0.257 e. The molecule has 0 N–H and O–H groups in total. The lowest BCUT2D eigenvalue weighted by Crippen LogP contribution is -1.92. The molecule has 0 aliphatic heterocycles. The van der Waals surface area contributed by atoms with Crippen LogP contribution in [0.2, 0.25) is 0 Å². The van der Waals surface area contributed by atoms with E-state index in [-0.39, 0.29) is 12.0 Å². The number of aromatic nitrogens is 1. The van der Waals surface area contributed by atoms with Crippen LogP contribution < -0.4 is 0 Å². The molecule has 0 spiro atoms. The summed E-state index contributed by atoms with van der Waals surface area (Å²) in [4.78, 5) is 3.63. The van der Waals surface area contributed by atoms with Crippen LogP contribution in [0.1, 0.15) is 11.3 Å². The van der Waals surface area contributed by atoms with Gasteiger partial charge in [-0.25, -0.2) is 4.39 Å². The summed E-state index contributed by atoms with van der Waals surface area (Å²) >= 11 is 0. The fourth-order valence-electron chi connectivity index (χ4n) is 0.745. The number of nitriles is 2. The highest BCUT2D eigenvalue weighted by atomic mass is 19.1. The van der Waals surface area contributed by atoms with Crippen molar-refractivity contribution in [1.82, 2.24) is 4.98 Å². The van der Waals surface area contributed by atoms with Crippen molar-refractivity contribution in [3.05, 3.63) is 29.3 Å². The van der Waals surface area contributed by atoms with Crippen LogP contribution in [0.15, 0.2) is 12.3 Å². The second-order valence-corrected chi connectivity index (χ2v) is 2.10. The van der Waals surface area contributed by atoms with Crippen LogP contribution in [0.3, 0.4) is 0 Å². The summed E-state index contributed by atoms with van der Waals surface area (Å²) in [7, 11) is 0. The van der Waals surface area contributed by atoms with Gasteiger partial charge in [-0.1, -0.05) is 0 Å². The molecule has 0 aliphatic rings. The Hall–Kier alpha value is -1.94. The summed E-state index contributed by atoms with van der Waals surface area (Å²) in [5.74, 6) is -0.654. The number of nitrogens with zero attached hydrogens (tertiary/aromatic N) is 3. The first-order chi connectivity index (χ1) is 5.77. The summed E-state index contributed by atoms with van der Waals surface area (Å²) in [6, 6.07) is 4.81. The molecule has 1 rings (SSSR count). The van der Waals surface area contributed by atoms with Crippen molar-refractivity contribution < 1.29 is 4.39 Å². The highest BCUT2D eigenvalue weighted by molar-refractivity contribution is 5.31. The second-order valence-electron chi connectivity index (χ2n) is 2.10. The van der Waals surface area contributed by atoms with Crippen LogP contribution in [0.5, 0.6) is 0 Å². The molecule has 3 nitrogen and oxygen atoms in total. The van der Waals surface area contributed by atoms with Crippen molar-refractivity contribution in [3.63, 3.8) is 0 Å². The Morgan fingerprint density at radius 3 is 2.83 bits per heavy atom. The minimum absolute atomic E-state index is 0.0738. The highest BCUT2D eigenvalue weighted by Gasteiger charge is 2.02. The molecule has 12 heavy (non-hydrogen) atoms. The molecule has 0 saturated heterocycles. The zero-order valence-electron chi connectivity index (χ0n) is 6.08. The topological polar surface area (TPSA) is 60.5 Å². The van der Waals surface area contributed by atoms with Gasteiger partial charge in [0, 0.05) is 0 Å². The maximum absolute atomic E-state index is 12.6. The van der Waals surface area contributed by atoms with Crippen LogP contribution >= 0.6 is 0 Å². The fraction of sp³-hybridized carbons (Fsp3) is 0.125. The molecule has 0 unspecified atom stereocenters. The van der Waals surface area contributed by atoms with Gasteiger partial charge >= 0.3 is 0 Å². The number of pyridine rings is 1. The van der Waals surface area contributed by atoms with E-state index in [9.17, 15) is 4.39 Å². The van der Waals surface area contributed by atoms with Crippen LogP contribution in [0, 0.1) is 28.5 Å². The SMILES string of the molecule is N#CCc1cc(C#N)c(F)cn1. The molecule has 0 saturated carbocycles. The Bertz CT molecular complexity index is 373. The lowest BCUT2D eigenvalue weighted by atomic mass is 10.2. The van der Waals surface area contributed by atoms with Gasteiger partial charge in [-0.05, 0) is 6.07 Å². The summed E-state index contributed by atoms with van der Waals surface area (Å²) < 4.78 is 12.6. The van der Waals surface area contributed by atoms with Crippen molar-refractivity contribution in [2.45, 2.75) is 6.42 Å². The standard InChI is InChI=1S/C8H4FN3/c9-8-5-12-7(1-2-10)3-6(8)4-11/h3,5H,1H2. The maximum atomic E-state index is 12.6. The van der Waals surface area contributed by atoms with E-state index >= 15 is 0 Å². The van der Waals surface area contributed by atoms with Gasteiger partial charge in [-0.2, -0.15) is 10.5 Å². The van der Waals surface area contributed by atoms with Crippen LogP contribution in [-0.2, 0) is 6.42 Å². The molecule has 1 aromatic rings. The van der Waals surface area contributed by atoms with Gasteiger partial charge in [0.1, 0.15) is 6.07 Å². The average molecular weight is 161 g/mol. The molecule has 4 heteroatoms. The Morgan fingerprint density at radius 2 is 2.25 bits per heavy atom. The number of rotatable bonds is 1. The van der Waals surface area contributed by atoms with Crippen LogP contribution in [0.25, 0.3) is 0 Å². The molecule has 0 aliphatic carbocycles. The van der Waals surface area contributed by atoms with E-state index in [1.165, 1.54) is 6.07 Å². The molecule has 1 aromatic heterocycles. The zero-order chi connectivity index (χ0) is 8.97. The number of hydrogen-bond acceptors (Lipinski definition) is 3. The normalized spacial score (nSPS) is 8.58. The first-order valence-corrected chi connectivity index (χ1v) is 3.19. The lowest BCUT2D eigenvalue weighted by molar-refractivity contribution is 0.616. The monoisotopic (exact) mass is 161 g/mol. The zero-order valence-corrected chi connectivity index (χ0v) is 6.08. The fourth-order valence-corrected chi connectivity index (χ4v) is 0.745. The van der Waals surface area contributed by atoms with E-state index in [4.69, 9.17) is 10.5 Å². The predicted octanol–water partition coefficient (Wildman–Crippen LogP) is 1.16. The van der Waals surface area contributed by atoms with Crippen molar-refractivity contribution in [3.8, 4) is 12.1 Å². The van der Waals surface area contributed by atoms with Crippen molar-refractivity contribution in [2.24, 2.45) is 0 Å². The van der Waals surface area contributed by atoms with E-state index in [1.807, 2.05) is 6.07 Å². The van der Waals surface area contributed by atoms with Gasteiger partial charge in [0.25, 0.3) is 0 Å². The number of hydrogen-bond donors (Lipinski definition) is 0. The van der Waals surface area contributed by atoms with Crippen molar-refractivity contribution >= 4 is 0 Å². The summed E-state index contributed by atoms with van der Waals surface area (Å²) in [5, 5.41) is 16.7. The summed E-state index contributed by atoms with van der Waals surface area (Å²) in [6.07, 6.45) is 1.04. The molecule has 0 aromatic carbocycles. The van der Waals surface area contributed by atoms with Gasteiger partial charge in [0.05, 0.1) is 29.9 Å². The third kappa shape index (κ3) is 1.56. The molecule has 1 heterocycles. The Balaban J connectivity index is 3.09. The number of halogens is 1. The van der Waals surface area contributed by atoms with Gasteiger partial charge in [0.15, 0.2) is 5.82 Å². The van der Waals surface area contributed by atoms with Gasteiger partial charge < -0.3 is 0 Å². The second kappa shape index (κ2) is 3.45. The van der Waals surface area contributed by atoms with E-state index in [2.05, 4.69) is 4.98 Å². The molecule has 0 amide bonds. The highest BCUT2D eigenvalue weighted by Crippen LogP contribution is 2.06. The van der Waals surface area contributed by atoms with Gasteiger partial charge in [-0.3, -0.25) is 4.98 Å². The lowest BCUT2D eigenvalue weighted by Gasteiger charge is -1.94. The van der Waals surface area contributed by atoms with Gasteiger partial charge in [0.2, 0.25) is 0 Å². The molecule has 0 fully saturated rings.